The third-order valence-electron chi connectivity index (χ3n) is 2.87. The van der Waals surface area contributed by atoms with Gasteiger partial charge in [0, 0.05) is 11.6 Å². The maximum absolute atomic E-state index is 6.14. The zero-order valence-electron chi connectivity index (χ0n) is 12.2. The van der Waals surface area contributed by atoms with E-state index in [4.69, 9.17) is 27.9 Å². The van der Waals surface area contributed by atoms with Crippen molar-refractivity contribution in [2.45, 2.75) is 26.7 Å². The van der Waals surface area contributed by atoms with E-state index in [-0.39, 0.29) is 5.92 Å². The Hall–Kier alpha value is -1.52. The van der Waals surface area contributed by atoms with Gasteiger partial charge in [-0.1, -0.05) is 37.0 Å². The highest BCUT2D eigenvalue weighted by Gasteiger charge is 2.17. The van der Waals surface area contributed by atoms with E-state index in [1.807, 2.05) is 6.92 Å². The number of nitrogens with zero attached hydrogens (tertiary/aromatic N) is 2. The van der Waals surface area contributed by atoms with Gasteiger partial charge in [-0.2, -0.15) is 0 Å². The monoisotopic (exact) mass is 325 g/mol. The van der Waals surface area contributed by atoms with E-state index in [1.54, 1.807) is 18.2 Å². The smallest absolute Gasteiger partial charge is 0.227 e. The van der Waals surface area contributed by atoms with Crippen molar-refractivity contribution in [3.63, 3.8) is 0 Å². The van der Waals surface area contributed by atoms with Crippen molar-refractivity contribution in [3.05, 3.63) is 40.1 Å². The third kappa shape index (κ3) is 3.77. The van der Waals surface area contributed by atoms with Gasteiger partial charge in [0.25, 0.3) is 0 Å². The molecule has 6 heteroatoms. The maximum atomic E-state index is 6.14. The van der Waals surface area contributed by atoms with Crippen LogP contribution in [0.15, 0.2) is 24.5 Å². The van der Waals surface area contributed by atoms with Crippen molar-refractivity contribution in [1.82, 2.24) is 9.97 Å². The fraction of sp³-hybridized carbons (Fsp3) is 0.333. The highest BCUT2D eigenvalue weighted by molar-refractivity contribution is 6.35. The van der Waals surface area contributed by atoms with Crippen molar-refractivity contribution in [2.24, 2.45) is 0 Å². The van der Waals surface area contributed by atoms with Gasteiger partial charge >= 0.3 is 0 Å². The highest BCUT2D eigenvalue weighted by Crippen LogP contribution is 2.36. The molecule has 4 nitrogen and oxygen atoms in total. The molecule has 21 heavy (non-hydrogen) atoms. The second-order valence-electron chi connectivity index (χ2n) is 4.80. The Morgan fingerprint density at radius 1 is 1.24 bits per heavy atom. The average Bonchev–Trinajstić information content (AvgIpc) is 2.42. The summed E-state index contributed by atoms with van der Waals surface area (Å²) in [4.78, 5) is 8.51. The largest absolute Gasteiger partial charge is 0.437 e. The Balaban J connectivity index is 2.41. The summed E-state index contributed by atoms with van der Waals surface area (Å²) in [6.07, 6.45) is 1.48. The molecule has 0 spiro atoms. The molecule has 0 aliphatic carbocycles. The zero-order valence-corrected chi connectivity index (χ0v) is 13.7. The van der Waals surface area contributed by atoms with Crippen LogP contribution in [0, 0.1) is 0 Å². The molecule has 1 N–H and O–H groups in total. The minimum atomic E-state index is 0.210. The van der Waals surface area contributed by atoms with E-state index in [0.717, 1.165) is 17.9 Å². The number of anilines is 1. The second-order valence-corrected chi connectivity index (χ2v) is 5.65. The number of rotatable bonds is 5. The van der Waals surface area contributed by atoms with E-state index in [9.17, 15) is 0 Å². The number of benzene rings is 1. The van der Waals surface area contributed by atoms with Gasteiger partial charge in [0.1, 0.15) is 17.9 Å². The van der Waals surface area contributed by atoms with Crippen LogP contribution in [-0.2, 0) is 0 Å². The Morgan fingerprint density at radius 2 is 2.00 bits per heavy atom. The van der Waals surface area contributed by atoms with Crippen molar-refractivity contribution < 1.29 is 4.74 Å². The summed E-state index contributed by atoms with van der Waals surface area (Å²) in [5.74, 6) is 2.01. The normalized spacial score (nSPS) is 10.8. The quantitative estimate of drug-likeness (QED) is 0.827. The Bertz CT molecular complexity index is 632. The van der Waals surface area contributed by atoms with Crippen LogP contribution in [-0.4, -0.2) is 16.5 Å². The van der Waals surface area contributed by atoms with Gasteiger partial charge in [0.05, 0.1) is 10.6 Å². The zero-order chi connectivity index (χ0) is 15.4. The number of nitrogens with one attached hydrogen (secondary N) is 1. The van der Waals surface area contributed by atoms with E-state index < -0.39 is 0 Å². The lowest BCUT2D eigenvalue weighted by Gasteiger charge is -2.16. The molecule has 0 atom stereocenters. The summed E-state index contributed by atoms with van der Waals surface area (Å²) in [7, 11) is 0. The SMILES string of the molecule is CCNc1ncnc(Oc2ccc(Cl)cc2Cl)c1C(C)C. The van der Waals surface area contributed by atoms with Gasteiger partial charge in [0.15, 0.2) is 0 Å². The lowest BCUT2D eigenvalue weighted by Crippen LogP contribution is -2.07. The summed E-state index contributed by atoms with van der Waals surface area (Å²) in [6.45, 7) is 6.92. The first-order chi connectivity index (χ1) is 10.0. The Labute approximate surface area is 134 Å². The molecule has 0 aliphatic heterocycles. The van der Waals surface area contributed by atoms with Crippen LogP contribution in [0.1, 0.15) is 32.3 Å². The fourth-order valence-electron chi connectivity index (χ4n) is 1.95. The topological polar surface area (TPSA) is 47.0 Å². The van der Waals surface area contributed by atoms with Crippen LogP contribution < -0.4 is 10.1 Å². The van der Waals surface area contributed by atoms with Crippen LogP contribution in [0.4, 0.5) is 5.82 Å². The van der Waals surface area contributed by atoms with Crippen molar-refractivity contribution in [3.8, 4) is 11.6 Å². The molecule has 0 saturated carbocycles. The molecule has 0 unspecified atom stereocenters. The number of hydrogen-bond donors (Lipinski definition) is 1. The van der Waals surface area contributed by atoms with Crippen LogP contribution >= 0.6 is 23.2 Å². The molecule has 0 fully saturated rings. The molecular weight excluding hydrogens is 309 g/mol. The molecule has 0 saturated heterocycles. The first-order valence-electron chi connectivity index (χ1n) is 6.74. The molecule has 0 amide bonds. The van der Waals surface area contributed by atoms with Gasteiger partial charge in [0.2, 0.25) is 5.88 Å². The fourth-order valence-corrected chi connectivity index (χ4v) is 2.40. The molecule has 2 aromatic rings. The minimum absolute atomic E-state index is 0.210. The molecule has 112 valence electrons. The molecule has 2 rings (SSSR count). The van der Waals surface area contributed by atoms with Crippen molar-refractivity contribution in [2.75, 3.05) is 11.9 Å². The average molecular weight is 326 g/mol. The molecule has 1 heterocycles. The van der Waals surface area contributed by atoms with Crippen molar-refractivity contribution in [1.29, 1.82) is 0 Å². The van der Waals surface area contributed by atoms with Crippen molar-refractivity contribution >= 4 is 29.0 Å². The third-order valence-corrected chi connectivity index (χ3v) is 3.40. The number of hydrogen-bond acceptors (Lipinski definition) is 4. The van der Waals surface area contributed by atoms with E-state index in [2.05, 4.69) is 29.1 Å². The Morgan fingerprint density at radius 3 is 2.62 bits per heavy atom. The predicted octanol–water partition coefficient (Wildman–Crippen LogP) is 5.13. The number of aromatic nitrogens is 2. The molecular formula is C15H17Cl2N3O. The minimum Gasteiger partial charge on any atom is -0.437 e. The second kappa shape index (κ2) is 6.96. The first-order valence-corrected chi connectivity index (χ1v) is 7.50. The highest BCUT2D eigenvalue weighted by atomic mass is 35.5. The molecule has 0 bridgehead atoms. The Kier molecular flexibility index (Phi) is 5.26. The van der Waals surface area contributed by atoms with Gasteiger partial charge < -0.3 is 10.1 Å². The van der Waals surface area contributed by atoms with Crippen LogP contribution in [0.2, 0.25) is 10.0 Å². The summed E-state index contributed by atoms with van der Waals surface area (Å²) >= 11 is 12.0. The summed E-state index contributed by atoms with van der Waals surface area (Å²) < 4.78 is 5.86. The molecule has 1 aromatic carbocycles. The van der Waals surface area contributed by atoms with E-state index in [1.165, 1.54) is 6.33 Å². The van der Waals surface area contributed by atoms with Crippen LogP contribution in [0.3, 0.4) is 0 Å². The first kappa shape index (κ1) is 15.9. The van der Waals surface area contributed by atoms with Gasteiger partial charge in [-0.25, -0.2) is 9.97 Å². The number of halogens is 2. The summed E-state index contributed by atoms with van der Waals surface area (Å²) in [6, 6.07) is 5.09. The van der Waals surface area contributed by atoms with Gasteiger partial charge in [-0.05, 0) is 31.0 Å². The van der Waals surface area contributed by atoms with E-state index >= 15 is 0 Å². The summed E-state index contributed by atoms with van der Waals surface area (Å²) in [5.41, 5.74) is 0.922. The lowest BCUT2D eigenvalue weighted by atomic mass is 10.1. The van der Waals surface area contributed by atoms with Crippen LogP contribution in [0.25, 0.3) is 0 Å². The van der Waals surface area contributed by atoms with E-state index in [0.29, 0.717) is 21.7 Å². The predicted molar refractivity (Wildman–Crippen MR) is 86.8 cm³/mol. The maximum Gasteiger partial charge on any atom is 0.227 e. The van der Waals surface area contributed by atoms with Gasteiger partial charge in [-0.3, -0.25) is 0 Å². The molecule has 0 radical (unpaired) electrons. The summed E-state index contributed by atoms with van der Waals surface area (Å²) in [5, 5.41) is 4.23. The molecule has 0 aliphatic rings. The lowest BCUT2D eigenvalue weighted by molar-refractivity contribution is 0.452. The molecule has 1 aromatic heterocycles. The van der Waals surface area contributed by atoms with Crippen LogP contribution in [0.5, 0.6) is 11.6 Å². The standard InChI is InChI=1S/C15H17Cl2N3O/c1-4-18-14-13(9(2)3)15(20-8-19-14)21-12-6-5-10(16)7-11(12)17/h5-9H,4H2,1-3H3,(H,18,19,20). The van der Waals surface area contributed by atoms with Gasteiger partial charge in [-0.15, -0.1) is 0 Å². The number of ether oxygens (including phenoxy) is 1.